The summed E-state index contributed by atoms with van der Waals surface area (Å²) in [5.74, 6) is 0.650. The standard InChI is InChI=1S/C27H27N5O3S/c1-4-35-21-11-9-19(10-12-21)22-16-36-27(28-22)32-24(13-18(3)30-32)29-26(34)20-14-25(33)31(15-20)23-8-6-5-7-17(23)2/h5-13,16,20H,4,14-15H2,1-3H3,(H,29,34). The van der Waals surface area contributed by atoms with Crippen molar-refractivity contribution in [3.8, 4) is 22.1 Å². The Hall–Kier alpha value is -3.98. The van der Waals surface area contributed by atoms with E-state index in [4.69, 9.17) is 9.72 Å². The fraction of sp³-hybridized carbons (Fsp3) is 0.259. The maximum Gasteiger partial charge on any atom is 0.230 e. The van der Waals surface area contributed by atoms with Gasteiger partial charge in [0.25, 0.3) is 0 Å². The molecule has 1 aliphatic rings. The van der Waals surface area contributed by atoms with E-state index in [9.17, 15) is 9.59 Å². The van der Waals surface area contributed by atoms with E-state index in [1.165, 1.54) is 11.3 Å². The molecule has 1 aliphatic heterocycles. The van der Waals surface area contributed by atoms with E-state index < -0.39 is 5.92 Å². The van der Waals surface area contributed by atoms with Gasteiger partial charge in [0, 0.05) is 35.7 Å². The summed E-state index contributed by atoms with van der Waals surface area (Å²) in [6, 6.07) is 17.3. The average Bonchev–Trinajstić information content (AvgIpc) is 3.59. The lowest BCUT2D eigenvalue weighted by molar-refractivity contribution is -0.122. The largest absolute Gasteiger partial charge is 0.494 e. The van der Waals surface area contributed by atoms with Crippen LogP contribution in [-0.2, 0) is 9.59 Å². The molecule has 9 heteroatoms. The van der Waals surface area contributed by atoms with Gasteiger partial charge in [0.05, 0.1) is 23.9 Å². The van der Waals surface area contributed by atoms with Gasteiger partial charge in [0.15, 0.2) is 0 Å². The minimum Gasteiger partial charge on any atom is -0.494 e. The van der Waals surface area contributed by atoms with Gasteiger partial charge in [-0.1, -0.05) is 18.2 Å². The summed E-state index contributed by atoms with van der Waals surface area (Å²) in [6.07, 6.45) is 0.173. The number of hydrogen-bond acceptors (Lipinski definition) is 6. The molecule has 2 amide bonds. The summed E-state index contributed by atoms with van der Waals surface area (Å²) in [7, 11) is 0. The molecule has 0 spiro atoms. The highest BCUT2D eigenvalue weighted by Crippen LogP contribution is 2.30. The van der Waals surface area contributed by atoms with Gasteiger partial charge in [-0.05, 0) is 56.7 Å². The van der Waals surface area contributed by atoms with Gasteiger partial charge in [0.2, 0.25) is 16.9 Å². The molecular formula is C27H27N5O3S. The SMILES string of the molecule is CCOc1ccc(-c2csc(-n3nc(C)cc3NC(=O)C3CC(=O)N(c4ccccc4C)C3)n2)cc1. The molecule has 0 aliphatic carbocycles. The third-order valence-electron chi connectivity index (χ3n) is 6.12. The summed E-state index contributed by atoms with van der Waals surface area (Å²) in [5.41, 5.74) is 4.40. The predicted molar refractivity (Wildman–Crippen MR) is 141 cm³/mol. The zero-order valence-corrected chi connectivity index (χ0v) is 21.2. The second-order valence-corrected chi connectivity index (χ2v) is 9.57. The second-order valence-electron chi connectivity index (χ2n) is 8.74. The van der Waals surface area contributed by atoms with Gasteiger partial charge in [-0.15, -0.1) is 11.3 Å². The third kappa shape index (κ3) is 4.74. The highest BCUT2D eigenvalue weighted by atomic mass is 32.1. The van der Waals surface area contributed by atoms with Gasteiger partial charge in [-0.2, -0.15) is 9.78 Å². The van der Waals surface area contributed by atoms with Crippen molar-refractivity contribution in [2.45, 2.75) is 27.2 Å². The Balaban J connectivity index is 1.32. The number of aryl methyl sites for hydroxylation is 2. The Kier molecular flexibility index (Phi) is 6.56. The molecule has 0 saturated carbocycles. The van der Waals surface area contributed by atoms with Crippen molar-refractivity contribution in [2.24, 2.45) is 5.92 Å². The van der Waals surface area contributed by atoms with E-state index in [1.54, 1.807) is 9.58 Å². The summed E-state index contributed by atoms with van der Waals surface area (Å²) in [6.45, 7) is 6.75. The van der Waals surface area contributed by atoms with Crippen LogP contribution in [0.5, 0.6) is 5.75 Å². The molecule has 4 aromatic rings. The van der Waals surface area contributed by atoms with Gasteiger partial charge in [-0.3, -0.25) is 9.59 Å². The van der Waals surface area contributed by atoms with Gasteiger partial charge in [-0.25, -0.2) is 4.98 Å². The number of para-hydroxylation sites is 1. The van der Waals surface area contributed by atoms with E-state index in [0.29, 0.717) is 24.1 Å². The monoisotopic (exact) mass is 501 g/mol. The zero-order chi connectivity index (χ0) is 25.2. The number of rotatable bonds is 7. The van der Waals surface area contributed by atoms with Gasteiger partial charge >= 0.3 is 0 Å². The maximum atomic E-state index is 13.2. The number of ether oxygens (including phenoxy) is 1. The number of amides is 2. The summed E-state index contributed by atoms with van der Waals surface area (Å²) >= 11 is 1.44. The van der Waals surface area contributed by atoms with Crippen molar-refractivity contribution in [1.82, 2.24) is 14.8 Å². The Labute approximate surface area is 213 Å². The van der Waals surface area contributed by atoms with Gasteiger partial charge in [0.1, 0.15) is 11.6 Å². The first-order chi connectivity index (χ1) is 17.4. The van der Waals surface area contributed by atoms with Crippen LogP contribution in [0, 0.1) is 19.8 Å². The fourth-order valence-electron chi connectivity index (χ4n) is 4.33. The molecule has 1 N–H and O–H groups in total. The van der Waals surface area contributed by atoms with E-state index in [-0.39, 0.29) is 18.2 Å². The first-order valence-corrected chi connectivity index (χ1v) is 12.7. The Morgan fingerprint density at radius 3 is 2.69 bits per heavy atom. The highest BCUT2D eigenvalue weighted by Gasteiger charge is 2.36. The smallest absolute Gasteiger partial charge is 0.230 e. The first kappa shape index (κ1) is 23.7. The molecule has 0 radical (unpaired) electrons. The molecule has 0 bridgehead atoms. The molecule has 1 atom stereocenters. The zero-order valence-electron chi connectivity index (χ0n) is 20.4. The quantitative estimate of drug-likeness (QED) is 0.385. The van der Waals surface area contributed by atoms with E-state index >= 15 is 0 Å². The van der Waals surface area contributed by atoms with Crippen molar-refractivity contribution < 1.29 is 14.3 Å². The fourth-order valence-corrected chi connectivity index (χ4v) is 5.12. The van der Waals surface area contributed by atoms with Crippen LogP contribution >= 0.6 is 11.3 Å². The molecule has 1 saturated heterocycles. The first-order valence-electron chi connectivity index (χ1n) is 11.9. The minimum atomic E-state index is -0.448. The number of anilines is 2. The topological polar surface area (TPSA) is 89.3 Å². The van der Waals surface area contributed by atoms with Crippen LogP contribution in [0.3, 0.4) is 0 Å². The molecule has 2 aromatic carbocycles. The van der Waals surface area contributed by atoms with Crippen LogP contribution in [0.1, 0.15) is 24.6 Å². The van der Waals surface area contributed by atoms with E-state index in [0.717, 1.165) is 34.0 Å². The number of nitrogens with one attached hydrogen (secondary N) is 1. The Morgan fingerprint density at radius 2 is 1.94 bits per heavy atom. The lowest BCUT2D eigenvalue weighted by Crippen LogP contribution is -2.29. The Bertz CT molecular complexity index is 1410. The number of nitrogens with zero attached hydrogens (tertiary/aromatic N) is 4. The van der Waals surface area contributed by atoms with Crippen molar-refractivity contribution in [3.05, 3.63) is 71.2 Å². The molecule has 184 valence electrons. The maximum absolute atomic E-state index is 13.2. The number of benzene rings is 2. The number of carbonyl (C=O) groups is 2. The van der Waals surface area contributed by atoms with Crippen LogP contribution in [-0.4, -0.2) is 39.7 Å². The number of hydrogen-bond donors (Lipinski definition) is 1. The lowest BCUT2D eigenvalue weighted by atomic mass is 10.1. The Morgan fingerprint density at radius 1 is 1.17 bits per heavy atom. The van der Waals surface area contributed by atoms with Crippen LogP contribution < -0.4 is 15.0 Å². The molecule has 1 fully saturated rings. The molecule has 5 rings (SSSR count). The average molecular weight is 502 g/mol. The van der Waals surface area contributed by atoms with Crippen molar-refractivity contribution in [2.75, 3.05) is 23.4 Å². The third-order valence-corrected chi connectivity index (χ3v) is 6.94. The minimum absolute atomic E-state index is 0.0472. The molecule has 8 nitrogen and oxygen atoms in total. The molecule has 3 heterocycles. The van der Waals surface area contributed by atoms with E-state index in [2.05, 4.69) is 10.4 Å². The summed E-state index contributed by atoms with van der Waals surface area (Å²) in [5, 5.41) is 10.1. The highest BCUT2D eigenvalue weighted by molar-refractivity contribution is 7.12. The molecular weight excluding hydrogens is 474 g/mol. The summed E-state index contributed by atoms with van der Waals surface area (Å²) in [4.78, 5) is 32.3. The molecule has 36 heavy (non-hydrogen) atoms. The van der Waals surface area contributed by atoms with Crippen molar-refractivity contribution in [1.29, 1.82) is 0 Å². The second kappa shape index (κ2) is 9.94. The normalized spacial score (nSPS) is 15.4. The van der Waals surface area contributed by atoms with E-state index in [1.807, 2.05) is 80.7 Å². The van der Waals surface area contributed by atoms with Gasteiger partial charge < -0.3 is 15.0 Å². The number of aromatic nitrogens is 3. The van der Waals surface area contributed by atoms with Crippen molar-refractivity contribution >= 4 is 34.7 Å². The van der Waals surface area contributed by atoms with Crippen LogP contribution in [0.15, 0.2) is 60.0 Å². The van der Waals surface area contributed by atoms with Crippen LogP contribution in [0.4, 0.5) is 11.5 Å². The predicted octanol–water partition coefficient (Wildman–Crippen LogP) is 5.00. The number of carbonyl (C=O) groups excluding carboxylic acids is 2. The molecule has 1 unspecified atom stereocenters. The molecule has 2 aromatic heterocycles. The number of thiazole rings is 1. The lowest BCUT2D eigenvalue weighted by Gasteiger charge is -2.19. The van der Waals surface area contributed by atoms with Crippen LogP contribution in [0.2, 0.25) is 0 Å². The van der Waals surface area contributed by atoms with Crippen LogP contribution in [0.25, 0.3) is 16.4 Å². The van der Waals surface area contributed by atoms with Crippen molar-refractivity contribution in [3.63, 3.8) is 0 Å². The summed E-state index contributed by atoms with van der Waals surface area (Å²) < 4.78 is 7.16.